The minimum absolute atomic E-state index is 0.106. The van der Waals surface area contributed by atoms with Crippen molar-refractivity contribution in [2.75, 3.05) is 6.61 Å². The largest absolute Gasteiger partial charge is 0.520 e. The Morgan fingerprint density at radius 3 is 1.95 bits per heavy atom. The van der Waals surface area contributed by atoms with Crippen LogP contribution in [-0.4, -0.2) is 29.3 Å². The Labute approximate surface area is 121 Å². The van der Waals surface area contributed by atoms with Gasteiger partial charge in [-0.25, -0.2) is 0 Å². The maximum Gasteiger partial charge on any atom is 0.263 e. The van der Waals surface area contributed by atoms with E-state index in [-0.39, 0.29) is 6.10 Å². The molecule has 19 heavy (non-hydrogen) atoms. The third-order valence-electron chi connectivity index (χ3n) is 2.09. The van der Waals surface area contributed by atoms with Crippen molar-refractivity contribution in [2.45, 2.75) is 72.1 Å². The molecule has 0 amide bonds. The molecule has 0 aliphatic rings. The second-order valence-electron chi connectivity index (χ2n) is 6.69. The van der Waals surface area contributed by atoms with Crippen LogP contribution in [0.25, 0.3) is 0 Å². The number of ether oxygens (including phenoxy) is 1. The van der Waals surface area contributed by atoms with Gasteiger partial charge in [0.25, 0.3) is 5.95 Å². The van der Waals surface area contributed by atoms with Gasteiger partial charge in [-0.1, -0.05) is 13.3 Å². The molecule has 0 spiro atoms. The van der Waals surface area contributed by atoms with Gasteiger partial charge >= 0.3 is 0 Å². The van der Waals surface area contributed by atoms with Crippen LogP contribution in [0.1, 0.15) is 26.7 Å². The molecule has 0 aromatic heterocycles. The van der Waals surface area contributed by atoms with Crippen LogP contribution in [0.15, 0.2) is 12.0 Å². The van der Waals surface area contributed by atoms with Crippen molar-refractivity contribution in [3.05, 3.63) is 12.0 Å². The normalized spacial score (nSPS) is 15.3. The second-order valence-corrected chi connectivity index (χ2v) is 15.6. The molecular weight excluding hydrogens is 272 g/mol. The molecule has 0 aliphatic heterocycles. The minimum Gasteiger partial charge on any atom is -0.520 e. The van der Waals surface area contributed by atoms with E-state index in [0.29, 0.717) is 12.6 Å². The lowest BCUT2D eigenvalue weighted by Gasteiger charge is -2.26. The Morgan fingerprint density at radius 1 is 1.00 bits per heavy atom. The molecule has 0 aromatic rings. The summed E-state index contributed by atoms with van der Waals surface area (Å²) in [5.74, 6) is 0.651. The highest BCUT2D eigenvalue weighted by Crippen LogP contribution is 2.18. The summed E-state index contributed by atoms with van der Waals surface area (Å²) in [6.07, 6.45) is 4.24. The average molecular weight is 305 g/mol. The first-order valence-electron chi connectivity index (χ1n) is 7.29. The minimum atomic E-state index is -1.64. The molecule has 0 fully saturated rings. The van der Waals surface area contributed by atoms with E-state index in [1.807, 2.05) is 13.0 Å². The van der Waals surface area contributed by atoms with E-state index in [1.54, 1.807) is 0 Å². The fourth-order valence-corrected chi connectivity index (χ4v) is 3.45. The van der Waals surface area contributed by atoms with Crippen LogP contribution < -0.4 is 0 Å². The molecular formula is C14H32O3Si2. The van der Waals surface area contributed by atoms with Crippen molar-refractivity contribution >= 4 is 16.6 Å². The van der Waals surface area contributed by atoms with Crippen LogP contribution >= 0.6 is 0 Å². The molecule has 5 heteroatoms. The molecule has 1 atom stereocenters. The molecule has 0 bridgehead atoms. The van der Waals surface area contributed by atoms with E-state index >= 15 is 0 Å². The van der Waals surface area contributed by atoms with Crippen LogP contribution in [0.4, 0.5) is 0 Å². The van der Waals surface area contributed by atoms with Gasteiger partial charge in [0, 0.05) is 6.08 Å². The summed E-state index contributed by atoms with van der Waals surface area (Å²) in [5, 5.41) is 0. The van der Waals surface area contributed by atoms with Gasteiger partial charge in [-0.2, -0.15) is 0 Å². The molecule has 0 rings (SSSR count). The van der Waals surface area contributed by atoms with Crippen LogP contribution in [0.3, 0.4) is 0 Å². The SMILES string of the molecule is CCCC(/C=C(\OCC)O[Si](C)(C)C)O[Si](C)(C)C. The Bertz CT molecular complexity index is 277. The van der Waals surface area contributed by atoms with E-state index in [1.165, 1.54) is 0 Å². The molecule has 0 aromatic carbocycles. The van der Waals surface area contributed by atoms with Crippen LogP contribution in [0.2, 0.25) is 39.3 Å². The lowest BCUT2D eigenvalue weighted by molar-refractivity contribution is 0.103. The van der Waals surface area contributed by atoms with Crippen molar-refractivity contribution in [1.82, 2.24) is 0 Å². The summed E-state index contributed by atoms with van der Waals surface area (Å²) in [6, 6.07) is 0. The maximum absolute atomic E-state index is 6.19. The molecule has 0 saturated carbocycles. The molecule has 0 aliphatic carbocycles. The topological polar surface area (TPSA) is 27.7 Å². The maximum atomic E-state index is 6.19. The number of hydrogen-bond donors (Lipinski definition) is 0. The Kier molecular flexibility index (Phi) is 8.00. The Balaban J connectivity index is 4.89. The summed E-state index contributed by atoms with van der Waals surface area (Å²) in [6.45, 7) is 17.9. The first-order chi connectivity index (χ1) is 8.57. The average Bonchev–Trinajstić information content (AvgIpc) is 2.12. The van der Waals surface area contributed by atoms with Gasteiger partial charge in [-0.3, -0.25) is 0 Å². The summed E-state index contributed by atoms with van der Waals surface area (Å²) >= 11 is 0. The lowest BCUT2D eigenvalue weighted by atomic mass is 10.2. The molecule has 114 valence electrons. The standard InChI is InChI=1S/C14H32O3Si2/c1-9-11-13(16-18(3,4)5)12-14(15-10-2)17-19(6,7)8/h12-13H,9-11H2,1-8H3/b14-12+. The zero-order chi connectivity index (χ0) is 15.1. The predicted molar refractivity (Wildman–Crippen MR) is 87.3 cm³/mol. The fourth-order valence-electron chi connectivity index (χ4n) is 1.62. The van der Waals surface area contributed by atoms with Gasteiger partial charge in [0.1, 0.15) is 0 Å². The van der Waals surface area contributed by atoms with Crippen LogP contribution in [-0.2, 0) is 13.6 Å². The highest BCUT2D eigenvalue weighted by atomic mass is 28.4. The fraction of sp³-hybridized carbons (Fsp3) is 0.857. The highest BCUT2D eigenvalue weighted by molar-refractivity contribution is 6.70. The molecule has 3 nitrogen and oxygen atoms in total. The van der Waals surface area contributed by atoms with E-state index in [2.05, 4.69) is 46.2 Å². The first kappa shape index (κ1) is 18.7. The summed E-state index contributed by atoms with van der Waals surface area (Å²) in [7, 11) is -3.19. The predicted octanol–water partition coefficient (Wildman–Crippen LogP) is 4.74. The molecule has 0 N–H and O–H groups in total. The second kappa shape index (κ2) is 8.12. The zero-order valence-corrected chi connectivity index (χ0v) is 16.0. The Morgan fingerprint density at radius 2 is 1.58 bits per heavy atom. The van der Waals surface area contributed by atoms with E-state index in [4.69, 9.17) is 13.6 Å². The van der Waals surface area contributed by atoms with Gasteiger partial charge in [0.05, 0.1) is 12.7 Å². The molecule has 0 saturated heterocycles. The van der Waals surface area contributed by atoms with E-state index in [9.17, 15) is 0 Å². The first-order valence-corrected chi connectivity index (χ1v) is 14.1. The number of rotatable bonds is 9. The van der Waals surface area contributed by atoms with Crippen molar-refractivity contribution in [3.63, 3.8) is 0 Å². The number of hydrogen-bond acceptors (Lipinski definition) is 3. The third-order valence-corrected chi connectivity index (χ3v) is 3.92. The summed E-state index contributed by atoms with van der Waals surface area (Å²) in [5.41, 5.74) is 0. The van der Waals surface area contributed by atoms with Crippen molar-refractivity contribution < 1.29 is 13.6 Å². The highest BCUT2D eigenvalue weighted by Gasteiger charge is 2.23. The van der Waals surface area contributed by atoms with Gasteiger partial charge in [0.2, 0.25) is 8.32 Å². The lowest BCUT2D eigenvalue weighted by Crippen LogP contribution is -2.32. The monoisotopic (exact) mass is 304 g/mol. The third kappa shape index (κ3) is 11.3. The van der Waals surface area contributed by atoms with Crippen LogP contribution in [0.5, 0.6) is 0 Å². The van der Waals surface area contributed by atoms with E-state index in [0.717, 1.165) is 12.8 Å². The summed E-state index contributed by atoms with van der Waals surface area (Å²) < 4.78 is 17.8. The quantitative estimate of drug-likeness (QED) is 0.455. The van der Waals surface area contributed by atoms with Gasteiger partial charge in [-0.05, 0) is 52.6 Å². The molecule has 0 heterocycles. The van der Waals surface area contributed by atoms with Crippen LogP contribution in [0, 0.1) is 0 Å². The van der Waals surface area contributed by atoms with Crippen molar-refractivity contribution in [1.29, 1.82) is 0 Å². The summed E-state index contributed by atoms with van der Waals surface area (Å²) in [4.78, 5) is 0. The van der Waals surface area contributed by atoms with Gasteiger partial charge < -0.3 is 13.6 Å². The van der Waals surface area contributed by atoms with E-state index < -0.39 is 16.6 Å². The smallest absolute Gasteiger partial charge is 0.263 e. The molecule has 1 unspecified atom stereocenters. The van der Waals surface area contributed by atoms with Gasteiger partial charge in [0.15, 0.2) is 8.32 Å². The Hall–Kier alpha value is -0.266. The van der Waals surface area contributed by atoms with Crippen molar-refractivity contribution in [3.8, 4) is 0 Å². The van der Waals surface area contributed by atoms with Gasteiger partial charge in [-0.15, -0.1) is 0 Å². The zero-order valence-electron chi connectivity index (χ0n) is 14.0. The van der Waals surface area contributed by atoms with Crippen molar-refractivity contribution in [2.24, 2.45) is 0 Å². The molecule has 0 radical (unpaired) electrons.